The highest BCUT2D eigenvalue weighted by atomic mass is 32.1. The van der Waals surface area contributed by atoms with Gasteiger partial charge in [0.15, 0.2) is 18.1 Å². The summed E-state index contributed by atoms with van der Waals surface area (Å²) in [5.41, 5.74) is -0.190. The Morgan fingerprint density at radius 1 is 1.16 bits per heavy atom. The summed E-state index contributed by atoms with van der Waals surface area (Å²) in [5, 5.41) is 8.65. The number of ether oxygens (including phenoxy) is 3. The van der Waals surface area contributed by atoms with E-state index in [0.29, 0.717) is 25.0 Å². The minimum absolute atomic E-state index is 0.0911. The maximum atomic E-state index is 13.1. The van der Waals surface area contributed by atoms with Crippen molar-refractivity contribution >= 4 is 23.2 Å². The third kappa shape index (κ3) is 3.67. The Bertz CT molecular complexity index is 1050. The smallest absolute Gasteiger partial charge is 0.484 e. The van der Waals surface area contributed by atoms with Gasteiger partial charge >= 0.3 is 6.29 Å². The van der Waals surface area contributed by atoms with Gasteiger partial charge in [-0.3, -0.25) is 9.59 Å². The fraction of sp³-hybridized carbons (Fsp3) is 0.450. The molecule has 3 saturated carbocycles. The Kier molecular flexibility index (Phi) is 4.37. The molecule has 2 bridgehead atoms. The number of carbonyl (C=O) groups excluding carboxylic acids is 2. The van der Waals surface area contributed by atoms with Crippen LogP contribution in [-0.4, -0.2) is 40.8 Å². The molecule has 1 aromatic carbocycles. The lowest BCUT2D eigenvalue weighted by molar-refractivity contribution is -0.286. The third-order valence-corrected chi connectivity index (χ3v) is 6.64. The van der Waals surface area contributed by atoms with Crippen molar-refractivity contribution in [1.82, 2.24) is 15.6 Å². The van der Waals surface area contributed by atoms with Gasteiger partial charge in [-0.05, 0) is 37.8 Å². The number of carbonyl (C=O) groups is 2. The fourth-order valence-corrected chi connectivity index (χ4v) is 5.16. The zero-order valence-electron chi connectivity index (χ0n) is 16.5. The summed E-state index contributed by atoms with van der Waals surface area (Å²) in [4.78, 5) is 28.9. The van der Waals surface area contributed by atoms with Crippen molar-refractivity contribution in [3.05, 3.63) is 34.3 Å². The lowest BCUT2D eigenvalue weighted by atomic mass is 9.44. The molecule has 0 atom stereocenters. The molecule has 1 aromatic heterocycles. The minimum Gasteiger partial charge on any atom is -0.484 e. The van der Waals surface area contributed by atoms with Crippen LogP contribution >= 0.6 is 11.3 Å². The Morgan fingerprint density at radius 3 is 2.58 bits per heavy atom. The van der Waals surface area contributed by atoms with Crippen molar-refractivity contribution in [3.8, 4) is 17.2 Å². The van der Waals surface area contributed by atoms with Crippen LogP contribution in [0.3, 0.4) is 0 Å². The highest BCUT2D eigenvalue weighted by Gasteiger charge is 2.69. The summed E-state index contributed by atoms with van der Waals surface area (Å²) in [6.07, 6.45) is -0.950. The molecular formula is C20H19F2N3O5S. The first-order valence-electron chi connectivity index (χ1n) is 9.79. The zero-order valence-corrected chi connectivity index (χ0v) is 17.3. The van der Waals surface area contributed by atoms with Crippen LogP contribution in [0.25, 0.3) is 0 Å². The summed E-state index contributed by atoms with van der Waals surface area (Å²) in [6.45, 7) is 1.72. The van der Waals surface area contributed by atoms with E-state index in [1.165, 1.54) is 29.5 Å². The average molecular weight is 451 g/mol. The molecular weight excluding hydrogens is 432 g/mol. The van der Waals surface area contributed by atoms with E-state index in [4.69, 9.17) is 4.74 Å². The Hall–Kier alpha value is -2.95. The molecule has 31 heavy (non-hydrogen) atoms. The van der Waals surface area contributed by atoms with Crippen LogP contribution in [0.15, 0.2) is 23.6 Å². The summed E-state index contributed by atoms with van der Waals surface area (Å²) in [5.74, 6) is -0.536. The first-order chi connectivity index (χ1) is 14.7. The van der Waals surface area contributed by atoms with Gasteiger partial charge in [0, 0.05) is 22.5 Å². The second-order valence-corrected chi connectivity index (χ2v) is 9.08. The normalized spacial score (nSPS) is 26.4. The Labute approximate surface area is 179 Å². The molecule has 0 radical (unpaired) electrons. The highest BCUT2D eigenvalue weighted by molar-refractivity contribution is 7.09. The molecule has 2 aromatic rings. The Balaban J connectivity index is 1.08. The second-order valence-electron chi connectivity index (χ2n) is 8.14. The van der Waals surface area contributed by atoms with Crippen LogP contribution in [0, 0.1) is 0 Å². The number of fused-ring (bicyclic) bond motifs is 1. The number of amides is 2. The van der Waals surface area contributed by atoms with Gasteiger partial charge < -0.3 is 24.8 Å². The number of hydrogen-bond donors (Lipinski definition) is 2. The van der Waals surface area contributed by atoms with Gasteiger partial charge in [-0.15, -0.1) is 20.1 Å². The third-order valence-electron chi connectivity index (χ3n) is 5.64. The fourth-order valence-electron chi connectivity index (χ4n) is 4.44. The van der Waals surface area contributed by atoms with E-state index in [2.05, 4.69) is 25.1 Å². The van der Waals surface area contributed by atoms with Crippen molar-refractivity contribution < 1.29 is 32.6 Å². The summed E-state index contributed by atoms with van der Waals surface area (Å²) in [7, 11) is 0. The molecule has 0 spiro atoms. The second kappa shape index (κ2) is 6.78. The monoisotopic (exact) mass is 451 g/mol. The molecule has 4 aliphatic rings. The molecule has 11 heteroatoms. The molecule has 0 saturated heterocycles. The summed E-state index contributed by atoms with van der Waals surface area (Å²) >= 11 is 1.47. The molecule has 2 N–H and O–H groups in total. The van der Waals surface area contributed by atoms with Gasteiger partial charge in [-0.1, -0.05) is 6.92 Å². The van der Waals surface area contributed by atoms with Gasteiger partial charge in [-0.2, -0.15) is 0 Å². The number of halogens is 2. The van der Waals surface area contributed by atoms with E-state index in [0.717, 1.165) is 11.4 Å². The topological polar surface area (TPSA) is 98.8 Å². The van der Waals surface area contributed by atoms with E-state index in [-0.39, 0.29) is 46.7 Å². The van der Waals surface area contributed by atoms with Gasteiger partial charge in [0.05, 0.1) is 5.01 Å². The molecule has 3 aliphatic carbocycles. The maximum Gasteiger partial charge on any atom is 0.586 e. The molecule has 6 rings (SSSR count). The van der Waals surface area contributed by atoms with Crippen molar-refractivity contribution in [2.75, 3.05) is 6.61 Å². The first kappa shape index (κ1) is 20.0. The number of hydrogen-bond acceptors (Lipinski definition) is 7. The largest absolute Gasteiger partial charge is 0.586 e. The standard InChI is InChI=1S/C20H19F2N3O5S/c1-2-16-23-12(7-31-16)17(27)25-19-8-18(9-19,10-19)24-15(26)6-28-11-3-4-13-14(5-11)30-20(21,22)29-13/h3-5,7H,2,6,8-10H2,1H3,(H,24,26)(H,25,27). The van der Waals surface area contributed by atoms with Crippen LogP contribution in [0.4, 0.5) is 8.78 Å². The van der Waals surface area contributed by atoms with Gasteiger partial charge in [0.25, 0.3) is 11.8 Å². The summed E-state index contributed by atoms with van der Waals surface area (Å²) in [6, 6.07) is 3.96. The highest BCUT2D eigenvalue weighted by Crippen LogP contribution is 2.60. The molecule has 8 nitrogen and oxygen atoms in total. The van der Waals surface area contributed by atoms with Crippen LogP contribution in [0.5, 0.6) is 17.2 Å². The van der Waals surface area contributed by atoms with Gasteiger partial charge in [-0.25, -0.2) is 4.98 Å². The molecule has 2 heterocycles. The van der Waals surface area contributed by atoms with E-state index < -0.39 is 6.29 Å². The van der Waals surface area contributed by atoms with Gasteiger partial charge in [0.2, 0.25) is 0 Å². The van der Waals surface area contributed by atoms with E-state index in [1.54, 1.807) is 5.38 Å². The van der Waals surface area contributed by atoms with E-state index in [1.807, 2.05) is 6.92 Å². The van der Waals surface area contributed by atoms with Crippen molar-refractivity contribution in [1.29, 1.82) is 0 Å². The van der Waals surface area contributed by atoms with E-state index >= 15 is 0 Å². The zero-order chi connectivity index (χ0) is 21.9. The molecule has 1 aliphatic heterocycles. The number of benzene rings is 1. The lowest BCUT2D eigenvalue weighted by Crippen LogP contribution is -2.84. The Morgan fingerprint density at radius 2 is 1.87 bits per heavy atom. The number of rotatable bonds is 7. The number of thiazole rings is 1. The number of nitrogens with one attached hydrogen (secondary N) is 2. The quantitative estimate of drug-likeness (QED) is 0.672. The molecule has 3 fully saturated rings. The number of aromatic nitrogens is 1. The molecule has 2 amide bonds. The van der Waals surface area contributed by atoms with Crippen LogP contribution < -0.4 is 24.8 Å². The van der Waals surface area contributed by atoms with Crippen molar-refractivity contribution in [3.63, 3.8) is 0 Å². The van der Waals surface area contributed by atoms with Gasteiger partial charge in [0.1, 0.15) is 11.4 Å². The minimum atomic E-state index is -3.70. The predicted molar refractivity (Wildman–Crippen MR) is 105 cm³/mol. The predicted octanol–water partition coefficient (Wildman–Crippen LogP) is 2.63. The molecule has 0 unspecified atom stereocenters. The van der Waals surface area contributed by atoms with Crippen LogP contribution in [0.2, 0.25) is 0 Å². The lowest BCUT2D eigenvalue weighted by Gasteiger charge is -2.70. The van der Waals surface area contributed by atoms with Crippen LogP contribution in [-0.2, 0) is 11.2 Å². The number of alkyl halides is 2. The number of nitrogens with zero attached hydrogens (tertiary/aromatic N) is 1. The maximum absolute atomic E-state index is 13.1. The van der Waals surface area contributed by atoms with E-state index in [9.17, 15) is 18.4 Å². The first-order valence-corrected chi connectivity index (χ1v) is 10.7. The van der Waals surface area contributed by atoms with Crippen LogP contribution in [0.1, 0.15) is 41.7 Å². The van der Waals surface area contributed by atoms with Crippen molar-refractivity contribution in [2.45, 2.75) is 50.0 Å². The van der Waals surface area contributed by atoms with Crippen molar-refractivity contribution in [2.24, 2.45) is 0 Å². The summed E-state index contributed by atoms with van der Waals surface area (Å²) < 4.78 is 40.2. The number of aryl methyl sites for hydroxylation is 1. The average Bonchev–Trinajstić information content (AvgIpc) is 3.25. The molecule has 164 valence electrons. The SMILES string of the molecule is CCc1nc(C(=O)NC23CC(NC(=O)COc4ccc5c(c4)OC(F)(F)O5)(C2)C3)cs1.